The number of rotatable bonds is 4. The minimum absolute atomic E-state index is 0.226. The molecule has 1 heterocycles. The lowest BCUT2D eigenvalue weighted by atomic mass is 9.72. The molecule has 20 heavy (non-hydrogen) atoms. The highest BCUT2D eigenvalue weighted by Crippen LogP contribution is 2.38. The Balaban J connectivity index is 1.76. The second-order valence-electron chi connectivity index (χ2n) is 6.38. The van der Waals surface area contributed by atoms with Gasteiger partial charge in [0.15, 0.2) is 0 Å². The maximum absolute atomic E-state index is 12.8. The maximum atomic E-state index is 12.8. The van der Waals surface area contributed by atoms with E-state index in [1.807, 2.05) is 18.2 Å². The van der Waals surface area contributed by atoms with Gasteiger partial charge in [0.05, 0.1) is 5.41 Å². The van der Waals surface area contributed by atoms with Crippen molar-refractivity contribution >= 4 is 5.91 Å². The Hall–Kier alpha value is -1.35. The van der Waals surface area contributed by atoms with Crippen molar-refractivity contribution in [3.05, 3.63) is 35.9 Å². The standard InChI is InChI=1S/C17H24N2O/c1-13-11-14(13)12-19-16(20)17(7-9-18-10-8-17)15-5-3-2-4-6-15/h2-6,13-14,18H,7-12H2,1H3,(H,19,20). The van der Waals surface area contributed by atoms with Crippen molar-refractivity contribution in [2.75, 3.05) is 19.6 Å². The number of amides is 1. The molecule has 3 heteroatoms. The van der Waals surface area contributed by atoms with Crippen LogP contribution < -0.4 is 10.6 Å². The Morgan fingerprint density at radius 3 is 2.55 bits per heavy atom. The molecule has 0 aromatic heterocycles. The predicted octanol–water partition coefficient (Wildman–Crippen LogP) is 2.08. The highest BCUT2D eigenvalue weighted by atomic mass is 16.2. The van der Waals surface area contributed by atoms with E-state index in [1.54, 1.807) is 0 Å². The van der Waals surface area contributed by atoms with Crippen molar-refractivity contribution in [3.63, 3.8) is 0 Å². The van der Waals surface area contributed by atoms with E-state index in [-0.39, 0.29) is 11.3 Å². The summed E-state index contributed by atoms with van der Waals surface area (Å²) in [5.74, 6) is 1.72. The molecule has 0 radical (unpaired) electrons. The average molecular weight is 272 g/mol. The highest BCUT2D eigenvalue weighted by Gasteiger charge is 2.42. The fourth-order valence-corrected chi connectivity index (χ4v) is 3.33. The molecule has 1 aliphatic heterocycles. The van der Waals surface area contributed by atoms with Crippen molar-refractivity contribution < 1.29 is 4.79 Å². The van der Waals surface area contributed by atoms with E-state index in [0.29, 0.717) is 5.92 Å². The molecule has 0 spiro atoms. The summed E-state index contributed by atoms with van der Waals surface area (Å²) in [7, 11) is 0. The molecular formula is C17H24N2O. The van der Waals surface area contributed by atoms with E-state index in [1.165, 1.54) is 12.0 Å². The first-order valence-corrected chi connectivity index (χ1v) is 7.77. The number of carbonyl (C=O) groups excluding carboxylic acids is 1. The molecule has 108 valence electrons. The summed E-state index contributed by atoms with van der Waals surface area (Å²) in [6, 6.07) is 10.3. The number of hydrogen-bond donors (Lipinski definition) is 2. The van der Waals surface area contributed by atoms with Gasteiger partial charge in [-0.15, -0.1) is 0 Å². The fraction of sp³-hybridized carbons (Fsp3) is 0.588. The normalized spacial score (nSPS) is 27.9. The van der Waals surface area contributed by atoms with Crippen molar-refractivity contribution in [2.45, 2.75) is 31.6 Å². The molecule has 2 unspecified atom stereocenters. The number of nitrogens with one attached hydrogen (secondary N) is 2. The van der Waals surface area contributed by atoms with Crippen molar-refractivity contribution in [1.82, 2.24) is 10.6 Å². The molecule has 2 fully saturated rings. The van der Waals surface area contributed by atoms with Crippen LogP contribution in [0.1, 0.15) is 31.7 Å². The van der Waals surface area contributed by atoms with Crippen LogP contribution in [-0.4, -0.2) is 25.5 Å². The summed E-state index contributed by atoms with van der Waals surface area (Å²) in [5, 5.41) is 6.59. The van der Waals surface area contributed by atoms with Gasteiger partial charge in [-0.2, -0.15) is 0 Å². The number of hydrogen-bond acceptors (Lipinski definition) is 2. The van der Waals surface area contributed by atoms with Gasteiger partial charge in [-0.25, -0.2) is 0 Å². The quantitative estimate of drug-likeness (QED) is 0.881. The third-order valence-electron chi connectivity index (χ3n) is 5.02. The first kappa shape index (κ1) is 13.6. The first-order chi connectivity index (χ1) is 9.72. The molecule has 2 N–H and O–H groups in total. The van der Waals surface area contributed by atoms with E-state index in [9.17, 15) is 4.79 Å². The van der Waals surface area contributed by atoms with Crippen LogP contribution in [0.15, 0.2) is 30.3 Å². The van der Waals surface area contributed by atoms with Crippen LogP contribution >= 0.6 is 0 Å². The molecular weight excluding hydrogens is 248 g/mol. The molecule has 1 amide bonds. The van der Waals surface area contributed by atoms with Crippen molar-refractivity contribution in [3.8, 4) is 0 Å². The van der Waals surface area contributed by atoms with Crippen LogP contribution in [0.5, 0.6) is 0 Å². The Bertz CT molecular complexity index is 465. The smallest absolute Gasteiger partial charge is 0.230 e. The lowest BCUT2D eigenvalue weighted by Gasteiger charge is -2.36. The van der Waals surface area contributed by atoms with Gasteiger partial charge in [0, 0.05) is 6.54 Å². The zero-order valence-electron chi connectivity index (χ0n) is 12.2. The largest absolute Gasteiger partial charge is 0.355 e. The van der Waals surface area contributed by atoms with Crippen LogP contribution in [0.4, 0.5) is 0 Å². The minimum atomic E-state index is -0.329. The van der Waals surface area contributed by atoms with Crippen LogP contribution in [0, 0.1) is 11.8 Å². The molecule has 2 aliphatic rings. The molecule has 1 saturated heterocycles. The van der Waals surface area contributed by atoms with E-state index in [0.717, 1.165) is 38.4 Å². The summed E-state index contributed by atoms with van der Waals surface area (Å²) in [4.78, 5) is 12.8. The molecule has 2 atom stereocenters. The van der Waals surface area contributed by atoms with E-state index in [2.05, 4.69) is 29.7 Å². The minimum Gasteiger partial charge on any atom is -0.355 e. The van der Waals surface area contributed by atoms with E-state index in [4.69, 9.17) is 0 Å². The van der Waals surface area contributed by atoms with Gasteiger partial charge < -0.3 is 10.6 Å². The molecule has 3 rings (SSSR count). The Morgan fingerprint density at radius 2 is 1.95 bits per heavy atom. The van der Waals surface area contributed by atoms with Gasteiger partial charge in [-0.3, -0.25) is 4.79 Å². The van der Waals surface area contributed by atoms with Gasteiger partial charge >= 0.3 is 0 Å². The monoisotopic (exact) mass is 272 g/mol. The van der Waals surface area contributed by atoms with E-state index < -0.39 is 0 Å². The zero-order valence-corrected chi connectivity index (χ0v) is 12.2. The number of piperidine rings is 1. The maximum Gasteiger partial charge on any atom is 0.230 e. The average Bonchev–Trinajstić information content (AvgIpc) is 3.22. The fourth-order valence-electron chi connectivity index (χ4n) is 3.33. The lowest BCUT2D eigenvalue weighted by Crippen LogP contribution is -2.51. The Morgan fingerprint density at radius 1 is 1.30 bits per heavy atom. The second-order valence-corrected chi connectivity index (χ2v) is 6.38. The topological polar surface area (TPSA) is 41.1 Å². The summed E-state index contributed by atoms with van der Waals surface area (Å²) in [5.41, 5.74) is 0.841. The van der Waals surface area contributed by atoms with Crippen LogP contribution in [-0.2, 0) is 10.2 Å². The summed E-state index contributed by atoms with van der Waals surface area (Å²) in [6.07, 6.45) is 3.05. The Labute approximate surface area is 121 Å². The zero-order chi connectivity index (χ0) is 14.0. The summed E-state index contributed by atoms with van der Waals surface area (Å²) >= 11 is 0. The third kappa shape index (κ3) is 2.59. The summed E-state index contributed by atoms with van der Waals surface area (Å²) in [6.45, 7) is 4.95. The first-order valence-electron chi connectivity index (χ1n) is 7.77. The molecule has 1 aromatic carbocycles. The lowest BCUT2D eigenvalue weighted by molar-refractivity contribution is -0.127. The van der Waals surface area contributed by atoms with Gasteiger partial charge in [-0.05, 0) is 49.8 Å². The van der Waals surface area contributed by atoms with Crippen LogP contribution in [0.3, 0.4) is 0 Å². The second kappa shape index (κ2) is 5.57. The van der Waals surface area contributed by atoms with Gasteiger partial charge in [0.1, 0.15) is 0 Å². The van der Waals surface area contributed by atoms with Gasteiger partial charge in [0.2, 0.25) is 5.91 Å². The molecule has 3 nitrogen and oxygen atoms in total. The molecule has 0 bridgehead atoms. The van der Waals surface area contributed by atoms with Crippen molar-refractivity contribution in [2.24, 2.45) is 11.8 Å². The van der Waals surface area contributed by atoms with Gasteiger partial charge in [-0.1, -0.05) is 37.3 Å². The van der Waals surface area contributed by atoms with Crippen LogP contribution in [0.25, 0.3) is 0 Å². The third-order valence-corrected chi connectivity index (χ3v) is 5.02. The number of benzene rings is 1. The van der Waals surface area contributed by atoms with Crippen LogP contribution in [0.2, 0.25) is 0 Å². The van der Waals surface area contributed by atoms with E-state index >= 15 is 0 Å². The van der Waals surface area contributed by atoms with Crippen molar-refractivity contribution in [1.29, 1.82) is 0 Å². The number of carbonyl (C=O) groups is 1. The predicted molar refractivity (Wildman–Crippen MR) is 80.5 cm³/mol. The molecule has 1 saturated carbocycles. The molecule has 1 aliphatic carbocycles. The molecule has 1 aromatic rings. The summed E-state index contributed by atoms with van der Waals surface area (Å²) < 4.78 is 0. The van der Waals surface area contributed by atoms with Gasteiger partial charge in [0.25, 0.3) is 0 Å². The highest BCUT2D eigenvalue weighted by molar-refractivity contribution is 5.88. The SMILES string of the molecule is CC1CC1CNC(=O)C1(c2ccccc2)CCNCC1. The Kier molecular flexibility index (Phi) is 3.79.